The number of methoxy groups -OCH3 is 1. The number of sulfonamides is 1. The SMILES string of the molecule is COc1ccc(-c2noc(CCC(=O)Nc3ccc(S(=O)(=O)N4CCCC(C)C4)cc3)n2)cc1. The second kappa shape index (κ2) is 10.4. The molecule has 1 aromatic heterocycles. The number of amides is 1. The number of nitrogens with zero attached hydrogens (tertiary/aromatic N) is 3. The molecule has 1 unspecified atom stereocenters. The number of aryl methyl sites for hydroxylation is 1. The van der Waals surface area contributed by atoms with Crippen molar-refractivity contribution in [2.24, 2.45) is 5.92 Å². The van der Waals surface area contributed by atoms with Crippen molar-refractivity contribution in [2.75, 3.05) is 25.5 Å². The molecule has 10 heteroatoms. The van der Waals surface area contributed by atoms with E-state index in [2.05, 4.69) is 22.4 Å². The second-order valence-electron chi connectivity index (χ2n) is 8.42. The van der Waals surface area contributed by atoms with Gasteiger partial charge in [0.1, 0.15) is 5.75 Å². The number of hydrogen-bond donors (Lipinski definition) is 1. The van der Waals surface area contributed by atoms with Gasteiger partial charge in [0.25, 0.3) is 0 Å². The molecule has 1 fully saturated rings. The second-order valence-corrected chi connectivity index (χ2v) is 10.4. The Bertz CT molecular complexity index is 1220. The van der Waals surface area contributed by atoms with Crippen LogP contribution in [0.3, 0.4) is 0 Å². The molecule has 180 valence electrons. The Morgan fingerprint density at radius 1 is 1.18 bits per heavy atom. The Morgan fingerprint density at radius 3 is 2.59 bits per heavy atom. The predicted octanol–water partition coefficient (Wildman–Crippen LogP) is 3.74. The van der Waals surface area contributed by atoms with Crippen molar-refractivity contribution < 1.29 is 22.5 Å². The first-order chi connectivity index (χ1) is 16.3. The van der Waals surface area contributed by atoms with Crippen LogP contribution in [-0.2, 0) is 21.2 Å². The Balaban J connectivity index is 1.31. The zero-order chi connectivity index (χ0) is 24.1. The summed E-state index contributed by atoms with van der Waals surface area (Å²) in [6.45, 7) is 3.15. The summed E-state index contributed by atoms with van der Waals surface area (Å²) in [6, 6.07) is 13.5. The Kier molecular flexibility index (Phi) is 7.28. The highest BCUT2D eigenvalue weighted by molar-refractivity contribution is 7.89. The summed E-state index contributed by atoms with van der Waals surface area (Å²) >= 11 is 0. The maximum Gasteiger partial charge on any atom is 0.243 e. The van der Waals surface area contributed by atoms with Crippen molar-refractivity contribution in [3.63, 3.8) is 0 Å². The fraction of sp³-hybridized carbons (Fsp3) is 0.375. The van der Waals surface area contributed by atoms with Gasteiger partial charge in [0.2, 0.25) is 27.6 Å². The van der Waals surface area contributed by atoms with Gasteiger partial charge in [-0.1, -0.05) is 12.1 Å². The summed E-state index contributed by atoms with van der Waals surface area (Å²) in [6.07, 6.45) is 2.35. The number of piperidine rings is 1. The average Bonchev–Trinajstić information content (AvgIpc) is 3.32. The van der Waals surface area contributed by atoms with Crippen molar-refractivity contribution in [1.29, 1.82) is 0 Å². The summed E-state index contributed by atoms with van der Waals surface area (Å²) in [4.78, 5) is 16.9. The molecule has 0 bridgehead atoms. The molecule has 2 aromatic carbocycles. The van der Waals surface area contributed by atoms with E-state index in [1.807, 2.05) is 24.3 Å². The van der Waals surface area contributed by atoms with Gasteiger partial charge in [0.05, 0.1) is 12.0 Å². The maximum absolute atomic E-state index is 12.9. The number of rotatable bonds is 8. The predicted molar refractivity (Wildman–Crippen MR) is 127 cm³/mol. The summed E-state index contributed by atoms with van der Waals surface area (Å²) in [5.74, 6) is 1.66. The van der Waals surface area contributed by atoms with Crippen molar-refractivity contribution in [3.05, 3.63) is 54.4 Å². The van der Waals surface area contributed by atoms with E-state index in [-0.39, 0.29) is 23.6 Å². The topological polar surface area (TPSA) is 115 Å². The first-order valence-electron chi connectivity index (χ1n) is 11.2. The van der Waals surface area contributed by atoms with E-state index in [4.69, 9.17) is 9.26 Å². The van der Waals surface area contributed by atoms with Crippen LogP contribution in [0, 0.1) is 5.92 Å². The Hall–Kier alpha value is -3.24. The van der Waals surface area contributed by atoms with E-state index in [1.54, 1.807) is 23.5 Å². The maximum atomic E-state index is 12.9. The van der Waals surface area contributed by atoms with E-state index in [0.717, 1.165) is 24.2 Å². The fourth-order valence-corrected chi connectivity index (χ4v) is 5.48. The molecule has 1 N–H and O–H groups in total. The van der Waals surface area contributed by atoms with Crippen LogP contribution in [0.2, 0.25) is 0 Å². The molecule has 0 radical (unpaired) electrons. The molecule has 34 heavy (non-hydrogen) atoms. The third-order valence-electron chi connectivity index (χ3n) is 5.78. The zero-order valence-corrected chi connectivity index (χ0v) is 20.0. The average molecular weight is 485 g/mol. The minimum Gasteiger partial charge on any atom is -0.497 e. The van der Waals surface area contributed by atoms with Crippen molar-refractivity contribution in [1.82, 2.24) is 14.4 Å². The molecule has 4 rings (SSSR count). The monoisotopic (exact) mass is 484 g/mol. The van der Waals surface area contributed by atoms with E-state index in [0.29, 0.717) is 36.4 Å². The lowest BCUT2D eigenvalue weighted by Crippen LogP contribution is -2.39. The standard InChI is InChI=1S/C24H28N4O5S/c1-17-4-3-15-28(16-17)34(30,31)21-11-7-19(8-12-21)25-22(29)13-14-23-26-24(27-33-23)18-5-9-20(32-2)10-6-18/h5-12,17H,3-4,13-16H2,1-2H3,(H,25,29). The highest BCUT2D eigenvalue weighted by atomic mass is 32.2. The van der Waals surface area contributed by atoms with Crippen LogP contribution in [0.5, 0.6) is 5.75 Å². The quantitative estimate of drug-likeness (QED) is 0.518. The van der Waals surface area contributed by atoms with E-state index >= 15 is 0 Å². The van der Waals surface area contributed by atoms with Crippen LogP contribution in [0.25, 0.3) is 11.4 Å². The number of benzene rings is 2. The Morgan fingerprint density at radius 2 is 1.91 bits per heavy atom. The number of carbonyl (C=O) groups excluding carboxylic acids is 1. The molecule has 1 amide bonds. The molecule has 1 atom stereocenters. The van der Waals surface area contributed by atoms with Gasteiger partial charge < -0.3 is 14.6 Å². The summed E-state index contributed by atoms with van der Waals surface area (Å²) < 4.78 is 37.7. The van der Waals surface area contributed by atoms with Gasteiger partial charge in [-0.25, -0.2) is 8.42 Å². The van der Waals surface area contributed by atoms with Crippen LogP contribution in [0.4, 0.5) is 5.69 Å². The molecular weight excluding hydrogens is 456 g/mol. The fourth-order valence-electron chi connectivity index (χ4n) is 3.88. The summed E-state index contributed by atoms with van der Waals surface area (Å²) in [7, 11) is -1.93. The largest absolute Gasteiger partial charge is 0.497 e. The van der Waals surface area contributed by atoms with Crippen molar-refractivity contribution in [3.8, 4) is 17.1 Å². The van der Waals surface area contributed by atoms with Crippen LogP contribution in [0.15, 0.2) is 57.9 Å². The molecule has 1 saturated heterocycles. The normalized spacial score (nSPS) is 16.8. The Labute approximate surface area is 199 Å². The number of hydrogen-bond acceptors (Lipinski definition) is 7. The lowest BCUT2D eigenvalue weighted by molar-refractivity contribution is -0.116. The molecule has 3 aromatic rings. The minimum atomic E-state index is -3.53. The lowest BCUT2D eigenvalue weighted by Gasteiger charge is -2.30. The van der Waals surface area contributed by atoms with Gasteiger partial charge in [-0.2, -0.15) is 9.29 Å². The molecule has 0 aliphatic carbocycles. The lowest BCUT2D eigenvalue weighted by atomic mass is 10.0. The highest BCUT2D eigenvalue weighted by Gasteiger charge is 2.28. The molecule has 9 nitrogen and oxygen atoms in total. The molecule has 2 heterocycles. The molecule has 1 aliphatic heterocycles. The number of ether oxygens (including phenoxy) is 1. The first kappa shape index (κ1) is 23.9. The van der Waals surface area contributed by atoms with Gasteiger partial charge >= 0.3 is 0 Å². The first-order valence-corrected chi connectivity index (χ1v) is 12.7. The number of anilines is 1. The third-order valence-corrected chi connectivity index (χ3v) is 7.66. The van der Waals surface area contributed by atoms with Gasteiger partial charge in [-0.15, -0.1) is 0 Å². The van der Waals surface area contributed by atoms with E-state index in [1.165, 1.54) is 12.1 Å². The van der Waals surface area contributed by atoms with E-state index < -0.39 is 10.0 Å². The smallest absolute Gasteiger partial charge is 0.243 e. The molecular formula is C24H28N4O5S. The van der Waals surface area contributed by atoms with Gasteiger partial charge in [-0.05, 0) is 67.3 Å². The van der Waals surface area contributed by atoms with Crippen LogP contribution < -0.4 is 10.1 Å². The van der Waals surface area contributed by atoms with Gasteiger partial charge in [-0.3, -0.25) is 4.79 Å². The highest BCUT2D eigenvalue weighted by Crippen LogP contribution is 2.24. The van der Waals surface area contributed by atoms with Crippen molar-refractivity contribution in [2.45, 2.75) is 37.5 Å². The molecule has 0 saturated carbocycles. The third kappa shape index (κ3) is 5.63. The minimum absolute atomic E-state index is 0.149. The summed E-state index contributed by atoms with van der Waals surface area (Å²) in [5, 5.41) is 6.74. The summed E-state index contributed by atoms with van der Waals surface area (Å²) in [5.41, 5.74) is 1.31. The molecule has 0 spiro atoms. The number of nitrogens with one attached hydrogen (secondary N) is 1. The van der Waals surface area contributed by atoms with Gasteiger partial charge in [0.15, 0.2) is 0 Å². The van der Waals surface area contributed by atoms with Crippen LogP contribution in [-0.4, -0.2) is 49.0 Å². The van der Waals surface area contributed by atoms with Crippen LogP contribution >= 0.6 is 0 Å². The van der Waals surface area contributed by atoms with Crippen molar-refractivity contribution >= 4 is 21.6 Å². The van der Waals surface area contributed by atoms with Crippen LogP contribution in [0.1, 0.15) is 32.1 Å². The van der Waals surface area contributed by atoms with Gasteiger partial charge in [0, 0.05) is 37.2 Å². The van der Waals surface area contributed by atoms with E-state index in [9.17, 15) is 13.2 Å². The number of aromatic nitrogens is 2. The number of carbonyl (C=O) groups is 1. The zero-order valence-electron chi connectivity index (χ0n) is 19.2. The molecule has 1 aliphatic rings.